The summed E-state index contributed by atoms with van der Waals surface area (Å²) >= 11 is 3.34. The number of phenolic OH excluding ortho intramolecular Hbond substituents is 1. The van der Waals surface area contributed by atoms with E-state index in [0.29, 0.717) is 21.3 Å². The second-order valence-electron chi connectivity index (χ2n) is 3.42. The van der Waals surface area contributed by atoms with Crippen molar-refractivity contribution in [1.29, 1.82) is 0 Å². The van der Waals surface area contributed by atoms with Crippen LogP contribution in [0.5, 0.6) is 17.2 Å². The van der Waals surface area contributed by atoms with Gasteiger partial charge in [-0.2, -0.15) is 0 Å². The maximum absolute atomic E-state index is 10.2. The summed E-state index contributed by atoms with van der Waals surface area (Å²) in [4.78, 5) is 0. The quantitative estimate of drug-likeness (QED) is 0.904. The Balaban J connectivity index is 2.73. The van der Waals surface area contributed by atoms with Crippen molar-refractivity contribution < 1.29 is 19.1 Å². The topological polar surface area (TPSA) is 90.7 Å². The lowest BCUT2D eigenvalue weighted by atomic mass is 10.1. The van der Waals surface area contributed by atoms with Crippen LogP contribution in [-0.4, -0.2) is 24.5 Å². The van der Waals surface area contributed by atoms with E-state index in [4.69, 9.17) is 19.7 Å². The molecule has 2 rings (SSSR count). The van der Waals surface area contributed by atoms with E-state index in [1.165, 1.54) is 20.4 Å². The van der Waals surface area contributed by atoms with Gasteiger partial charge in [0.05, 0.1) is 26.0 Å². The summed E-state index contributed by atoms with van der Waals surface area (Å²) in [6.07, 6.45) is 1.42. The molecule has 1 aromatic carbocycles. The maximum Gasteiger partial charge on any atom is 0.230 e. The number of halogens is 1. The number of nitrogens with two attached hydrogens (primary N) is 1. The second-order valence-corrected chi connectivity index (χ2v) is 4.28. The molecule has 7 heteroatoms. The van der Waals surface area contributed by atoms with Gasteiger partial charge in [0, 0.05) is 10.0 Å². The van der Waals surface area contributed by atoms with Gasteiger partial charge in [-0.25, -0.2) is 0 Å². The van der Waals surface area contributed by atoms with Crippen LogP contribution in [0.3, 0.4) is 0 Å². The zero-order valence-corrected chi connectivity index (χ0v) is 11.3. The van der Waals surface area contributed by atoms with Gasteiger partial charge in [0.25, 0.3) is 0 Å². The highest BCUT2D eigenvalue weighted by atomic mass is 79.9. The summed E-state index contributed by atoms with van der Waals surface area (Å²) in [5.41, 5.74) is 6.55. The fourth-order valence-electron chi connectivity index (χ4n) is 1.64. The van der Waals surface area contributed by atoms with Gasteiger partial charge >= 0.3 is 0 Å². The molecule has 1 heterocycles. The Labute approximate surface area is 111 Å². The van der Waals surface area contributed by atoms with Crippen molar-refractivity contribution in [2.45, 2.75) is 0 Å². The van der Waals surface area contributed by atoms with Crippen molar-refractivity contribution in [2.75, 3.05) is 20.0 Å². The zero-order chi connectivity index (χ0) is 13.3. The number of ether oxygens (including phenoxy) is 2. The van der Waals surface area contributed by atoms with E-state index >= 15 is 0 Å². The number of benzene rings is 1. The molecule has 18 heavy (non-hydrogen) atoms. The SMILES string of the molecule is COc1cc(Br)c(-c2cnoc2N)c(O)c1OC. The largest absolute Gasteiger partial charge is 0.504 e. The lowest BCUT2D eigenvalue weighted by molar-refractivity contribution is 0.333. The molecule has 0 unspecified atom stereocenters. The highest BCUT2D eigenvalue weighted by Gasteiger charge is 2.22. The lowest BCUT2D eigenvalue weighted by Gasteiger charge is -2.13. The Kier molecular flexibility index (Phi) is 3.33. The fourth-order valence-corrected chi connectivity index (χ4v) is 2.25. The summed E-state index contributed by atoms with van der Waals surface area (Å²) in [5.74, 6) is 0.633. The van der Waals surface area contributed by atoms with E-state index in [9.17, 15) is 5.11 Å². The van der Waals surface area contributed by atoms with E-state index in [1.807, 2.05) is 0 Å². The summed E-state index contributed by atoms with van der Waals surface area (Å²) in [6, 6.07) is 1.67. The molecule has 0 saturated heterocycles. The Hall–Kier alpha value is -1.89. The lowest BCUT2D eigenvalue weighted by Crippen LogP contribution is -1.94. The number of rotatable bonds is 3. The molecule has 3 N–H and O–H groups in total. The Morgan fingerprint density at radius 1 is 1.39 bits per heavy atom. The number of hydrogen-bond donors (Lipinski definition) is 2. The molecule has 0 radical (unpaired) electrons. The predicted octanol–water partition coefficient (Wildman–Crippen LogP) is 2.41. The summed E-state index contributed by atoms with van der Waals surface area (Å²) in [7, 11) is 2.92. The summed E-state index contributed by atoms with van der Waals surface area (Å²) < 4.78 is 15.6. The maximum atomic E-state index is 10.2. The molecule has 6 nitrogen and oxygen atoms in total. The molecule has 0 aliphatic heterocycles. The first-order valence-corrected chi connectivity index (χ1v) is 5.73. The number of aromatic hydroxyl groups is 1. The van der Waals surface area contributed by atoms with E-state index in [0.717, 1.165) is 0 Å². The van der Waals surface area contributed by atoms with Gasteiger partial charge < -0.3 is 24.8 Å². The minimum absolute atomic E-state index is 0.0985. The van der Waals surface area contributed by atoms with Crippen molar-refractivity contribution in [3.63, 3.8) is 0 Å². The third-order valence-electron chi connectivity index (χ3n) is 2.46. The van der Waals surface area contributed by atoms with Crippen molar-refractivity contribution in [3.05, 3.63) is 16.7 Å². The highest BCUT2D eigenvalue weighted by Crippen LogP contribution is 2.49. The normalized spacial score (nSPS) is 10.4. The number of nitrogen functional groups attached to an aromatic ring is 1. The number of anilines is 1. The van der Waals surface area contributed by atoms with Crippen molar-refractivity contribution in [3.8, 4) is 28.4 Å². The van der Waals surface area contributed by atoms with Crippen molar-refractivity contribution in [1.82, 2.24) is 5.16 Å². The van der Waals surface area contributed by atoms with Crippen LogP contribution in [0.4, 0.5) is 5.88 Å². The Morgan fingerprint density at radius 3 is 2.61 bits per heavy atom. The molecule has 0 spiro atoms. The summed E-state index contributed by atoms with van der Waals surface area (Å²) in [5, 5.41) is 13.8. The van der Waals surface area contributed by atoms with Gasteiger partial charge in [-0.15, -0.1) is 0 Å². The van der Waals surface area contributed by atoms with Crippen LogP contribution in [0.15, 0.2) is 21.3 Å². The van der Waals surface area contributed by atoms with Gasteiger partial charge in [-0.3, -0.25) is 0 Å². The third kappa shape index (κ3) is 1.86. The van der Waals surface area contributed by atoms with Crippen molar-refractivity contribution >= 4 is 21.8 Å². The average molecular weight is 315 g/mol. The molecule has 2 aromatic rings. The number of hydrogen-bond acceptors (Lipinski definition) is 6. The molecule has 0 amide bonds. The number of methoxy groups -OCH3 is 2. The molecule has 96 valence electrons. The van der Waals surface area contributed by atoms with Crippen LogP contribution in [0.1, 0.15) is 0 Å². The minimum Gasteiger partial charge on any atom is -0.504 e. The predicted molar refractivity (Wildman–Crippen MR) is 68.8 cm³/mol. The van der Waals surface area contributed by atoms with Crippen LogP contribution in [-0.2, 0) is 0 Å². The van der Waals surface area contributed by atoms with Gasteiger partial charge in [-0.05, 0) is 22.0 Å². The van der Waals surface area contributed by atoms with E-state index in [2.05, 4.69) is 21.1 Å². The number of aromatic nitrogens is 1. The molecule has 0 atom stereocenters. The number of phenols is 1. The van der Waals surface area contributed by atoms with E-state index < -0.39 is 0 Å². The molecule has 1 aromatic heterocycles. The summed E-state index contributed by atoms with van der Waals surface area (Å²) in [6.45, 7) is 0. The molecule has 0 bridgehead atoms. The monoisotopic (exact) mass is 314 g/mol. The Bertz CT molecular complexity index is 583. The van der Waals surface area contributed by atoms with Gasteiger partial charge in [0.15, 0.2) is 11.5 Å². The molecule has 0 aliphatic rings. The van der Waals surface area contributed by atoms with Crippen LogP contribution in [0, 0.1) is 0 Å². The molecule has 0 aliphatic carbocycles. The van der Waals surface area contributed by atoms with Crippen LogP contribution >= 0.6 is 15.9 Å². The second kappa shape index (κ2) is 4.77. The Morgan fingerprint density at radius 2 is 2.11 bits per heavy atom. The molecular formula is C11H11BrN2O4. The first kappa shape index (κ1) is 12.6. The highest BCUT2D eigenvalue weighted by molar-refractivity contribution is 9.10. The van der Waals surface area contributed by atoms with E-state index in [-0.39, 0.29) is 17.4 Å². The first-order chi connectivity index (χ1) is 8.60. The smallest absolute Gasteiger partial charge is 0.230 e. The minimum atomic E-state index is -0.0985. The standard InChI is InChI=1S/C11H11BrN2O4/c1-16-7-3-6(12)8(9(15)10(7)17-2)5-4-14-18-11(5)13/h3-4,15H,13H2,1-2H3. The van der Waals surface area contributed by atoms with E-state index in [1.54, 1.807) is 6.07 Å². The van der Waals surface area contributed by atoms with Crippen LogP contribution < -0.4 is 15.2 Å². The van der Waals surface area contributed by atoms with Gasteiger partial charge in [0.2, 0.25) is 11.6 Å². The average Bonchev–Trinajstić information content (AvgIpc) is 2.75. The first-order valence-electron chi connectivity index (χ1n) is 4.94. The van der Waals surface area contributed by atoms with Crippen LogP contribution in [0.2, 0.25) is 0 Å². The van der Waals surface area contributed by atoms with Gasteiger partial charge in [-0.1, -0.05) is 5.16 Å². The fraction of sp³-hybridized carbons (Fsp3) is 0.182. The zero-order valence-electron chi connectivity index (χ0n) is 9.73. The molecule has 0 saturated carbocycles. The molecular weight excluding hydrogens is 304 g/mol. The van der Waals surface area contributed by atoms with Crippen molar-refractivity contribution in [2.24, 2.45) is 0 Å². The van der Waals surface area contributed by atoms with Crippen LogP contribution in [0.25, 0.3) is 11.1 Å². The third-order valence-corrected chi connectivity index (χ3v) is 3.09. The van der Waals surface area contributed by atoms with Gasteiger partial charge in [0.1, 0.15) is 0 Å². The molecule has 0 fully saturated rings. The number of nitrogens with zero attached hydrogens (tertiary/aromatic N) is 1.